The molecule has 0 bridgehead atoms. The number of sulfone groups is 1. The molecule has 2 N–H and O–H groups in total. The standard InChI is InChI=1S/C21H23N3O6S/c1-14(25)23-17-7-3-16(4-8-17)12-24-19(13-30-21(24)27)20(26)22-11-15-5-9-18(10-6-15)31(2,28)29/h3-10,19H,11-13H2,1-2H3,(H,22,26)(H,23,25)/t19-/m0/s1. The van der Waals surface area contributed by atoms with Crippen LogP contribution in [0.15, 0.2) is 53.4 Å². The number of hydrogen-bond donors (Lipinski definition) is 2. The van der Waals surface area contributed by atoms with Gasteiger partial charge in [-0.1, -0.05) is 24.3 Å². The summed E-state index contributed by atoms with van der Waals surface area (Å²) >= 11 is 0. The van der Waals surface area contributed by atoms with Crippen molar-refractivity contribution in [2.24, 2.45) is 0 Å². The highest BCUT2D eigenvalue weighted by Gasteiger charge is 2.37. The predicted molar refractivity (Wildman–Crippen MR) is 113 cm³/mol. The molecule has 31 heavy (non-hydrogen) atoms. The average Bonchev–Trinajstić information content (AvgIpc) is 3.07. The van der Waals surface area contributed by atoms with E-state index in [1.165, 1.54) is 24.0 Å². The molecule has 9 nitrogen and oxygen atoms in total. The van der Waals surface area contributed by atoms with Crippen LogP contribution in [0.25, 0.3) is 0 Å². The number of carbonyl (C=O) groups is 3. The quantitative estimate of drug-likeness (QED) is 0.669. The molecule has 0 saturated carbocycles. The number of cyclic esters (lactones) is 1. The minimum Gasteiger partial charge on any atom is -0.447 e. The molecule has 0 radical (unpaired) electrons. The first-order chi connectivity index (χ1) is 14.6. The fourth-order valence-electron chi connectivity index (χ4n) is 3.10. The van der Waals surface area contributed by atoms with Gasteiger partial charge in [0.25, 0.3) is 0 Å². The number of benzene rings is 2. The normalized spacial score (nSPS) is 16.0. The molecule has 0 aromatic heterocycles. The Hall–Kier alpha value is -3.40. The maximum absolute atomic E-state index is 12.6. The number of hydrogen-bond acceptors (Lipinski definition) is 6. The lowest BCUT2D eigenvalue weighted by Gasteiger charge is -2.21. The summed E-state index contributed by atoms with van der Waals surface area (Å²) in [6.07, 6.45) is 0.548. The van der Waals surface area contributed by atoms with E-state index in [2.05, 4.69) is 10.6 Å². The van der Waals surface area contributed by atoms with E-state index in [1.54, 1.807) is 36.4 Å². The molecule has 1 heterocycles. The van der Waals surface area contributed by atoms with Crippen LogP contribution in [0.4, 0.5) is 10.5 Å². The molecule has 0 spiro atoms. The summed E-state index contributed by atoms with van der Waals surface area (Å²) in [4.78, 5) is 37.4. The van der Waals surface area contributed by atoms with E-state index in [0.29, 0.717) is 5.69 Å². The smallest absolute Gasteiger partial charge is 0.410 e. The molecule has 0 unspecified atom stereocenters. The third-order valence-electron chi connectivity index (χ3n) is 4.72. The minimum absolute atomic E-state index is 0.0539. The second kappa shape index (κ2) is 9.17. The van der Waals surface area contributed by atoms with Crippen molar-refractivity contribution in [2.45, 2.75) is 31.0 Å². The Morgan fingerprint density at radius 3 is 2.26 bits per heavy atom. The van der Waals surface area contributed by atoms with E-state index < -0.39 is 22.0 Å². The molecule has 2 aromatic carbocycles. The number of nitrogens with one attached hydrogen (secondary N) is 2. The molecule has 1 fully saturated rings. The Morgan fingerprint density at radius 1 is 1.06 bits per heavy atom. The zero-order chi connectivity index (χ0) is 22.6. The van der Waals surface area contributed by atoms with Crippen LogP contribution in [0.2, 0.25) is 0 Å². The summed E-state index contributed by atoms with van der Waals surface area (Å²) in [7, 11) is -3.28. The van der Waals surface area contributed by atoms with Crippen LogP contribution < -0.4 is 10.6 Å². The second-order valence-corrected chi connectivity index (χ2v) is 9.25. The third-order valence-corrected chi connectivity index (χ3v) is 5.85. The van der Waals surface area contributed by atoms with Crippen LogP contribution in [0.3, 0.4) is 0 Å². The fourth-order valence-corrected chi connectivity index (χ4v) is 3.73. The molecule has 1 aliphatic heterocycles. The Morgan fingerprint density at radius 2 is 1.68 bits per heavy atom. The van der Waals surface area contributed by atoms with Crippen molar-refractivity contribution in [1.82, 2.24) is 10.2 Å². The van der Waals surface area contributed by atoms with Crippen molar-refractivity contribution < 1.29 is 27.5 Å². The Balaban J connectivity index is 1.61. The van der Waals surface area contributed by atoms with Gasteiger partial charge in [0.1, 0.15) is 12.6 Å². The van der Waals surface area contributed by atoms with Crippen LogP contribution in [-0.4, -0.2) is 50.1 Å². The van der Waals surface area contributed by atoms with Crippen LogP contribution in [-0.2, 0) is 37.3 Å². The van der Waals surface area contributed by atoms with Gasteiger partial charge < -0.3 is 15.4 Å². The monoisotopic (exact) mass is 445 g/mol. The molecule has 1 aliphatic rings. The summed E-state index contributed by atoms with van der Waals surface area (Å²) in [5.41, 5.74) is 2.14. The van der Waals surface area contributed by atoms with E-state index in [1.807, 2.05) is 0 Å². The molecular formula is C21H23N3O6S. The van der Waals surface area contributed by atoms with Gasteiger partial charge in [-0.25, -0.2) is 13.2 Å². The van der Waals surface area contributed by atoms with Crippen molar-refractivity contribution in [2.75, 3.05) is 18.2 Å². The molecule has 10 heteroatoms. The highest BCUT2D eigenvalue weighted by atomic mass is 32.2. The van der Waals surface area contributed by atoms with Gasteiger partial charge in [-0.15, -0.1) is 0 Å². The van der Waals surface area contributed by atoms with E-state index in [-0.39, 0.29) is 36.4 Å². The SMILES string of the molecule is CC(=O)Nc1ccc(CN2C(=O)OC[C@H]2C(=O)NCc2ccc(S(C)(=O)=O)cc2)cc1. The molecule has 2 aromatic rings. The Labute approximate surface area is 180 Å². The molecule has 1 saturated heterocycles. The van der Waals surface area contributed by atoms with Gasteiger partial charge in [-0.3, -0.25) is 14.5 Å². The van der Waals surface area contributed by atoms with Crippen molar-refractivity contribution >= 4 is 33.4 Å². The van der Waals surface area contributed by atoms with Crippen LogP contribution in [0.1, 0.15) is 18.1 Å². The first kappa shape index (κ1) is 22.3. The molecular weight excluding hydrogens is 422 g/mol. The third kappa shape index (κ3) is 5.82. The molecule has 3 rings (SSSR count). The van der Waals surface area contributed by atoms with E-state index in [4.69, 9.17) is 4.74 Å². The summed E-state index contributed by atoms with van der Waals surface area (Å²) in [5.74, 6) is -0.550. The summed E-state index contributed by atoms with van der Waals surface area (Å²) in [6.45, 7) is 1.73. The average molecular weight is 445 g/mol. The molecule has 1 atom stereocenters. The van der Waals surface area contributed by atoms with E-state index in [0.717, 1.165) is 17.4 Å². The van der Waals surface area contributed by atoms with Crippen molar-refractivity contribution in [3.63, 3.8) is 0 Å². The Bertz CT molecular complexity index is 1080. The minimum atomic E-state index is -3.28. The zero-order valence-corrected chi connectivity index (χ0v) is 17.9. The highest BCUT2D eigenvalue weighted by Crippen LogP contribution is 2.19. The largest absolute Gasteiger partial charge is 0.447 e. The van der Waals surface area contributed by atoms with Gasteiger partial charge >= 0.3 is 6.09 Å². The zero-order valence-electron chi connectivity index (χ0n) is 17.1. The molecule has 164 valence electrons. The van der Waals surface area contributed by atoms with Crippen molar-refractivity contribution in [3.05, 3.63) is 59.7 Å². The number of rotatable bonds is 7. The predicted octanol–water partition coefficient (Wildman–Crippen LogP) is 1.69. The number of anilines is 1. The van der Waals surface area contributed by atoms with Gasteiger partial charge in [0.15, 0.2) is 9.84 Å². The fraction of sp³-hybridized carbons (Fsp3) is 0.286. The molecule has 0 aliphatic carbocycles. The second-order valence-electron chi connectivity index (χ2n) is 7.23. The number of carbonyl (C=O) groups excluding carboxylic acids is 3. The topological polar surface area (TPSA) is 122 Å². The van der Waals surface area contributed by atoms with Crippen molar-refractivity contribution in [1.29, 1.82) is 0 Å². The Kier molecular flexibility index (Phi) is 6.59. The van der Waals surface area contributed by atoms with Gasteiger partial charge in [-0.2, -0.15) is 0 Å². The first-order valence-corrected chi connectivity index (χ1v) is 11.4. The summed E-state index contributed by atoms with van der Waals surface area (Å²) < 4.78 is 28.1. The summed E-state index contributed by atoms with van der Waals surface area (Å²) in [5, 5.41) is 5.42. The maximum Gasteiger partial charge on any atom is 0.410 e. The lowest BCUT2D eigenvalue weighted by Crippen LogP contribution is -2.45. The van der Waals surface area contributed by atoms with Gasteiger partial charge in [0.2, 0.25) is 11.8 Å². The van der Waals surface area contributed by atoms with E-state index >= 15 is 0 Å². The van der Waals surface area contributed by atoms with Gasteiger partial charge in [-0.05, 0) is 35.4 Å². The molecule has 3 amide bonds. The van der Waals surface area contributed by atoms with Gasteiger partial charge in [0.05, 0.1) is 11.4 Å². The van der Waals surface area contributed by atoms with Crippen LogP contribution >= 0.6 is 0 Å². The van der Waals surface area contributed by atoms with Crippen molar-refractivity contribution in [3.8, 4) is 0 Å². The van der Waals surface area contributed by atoms with Crippen LogP contribution in [0, 0.1) is 0 Å². The first-order valence-electron chi connectivity index (χ1n) is 9.50. The number of amides is 3. The lowest BCUT2D eigenvalue weighted by molar-refractivity contribution is -0.125. The van der Waals surface area contributed by atoms with E-state index in [9.17, 15) is 22.8 Å². The van der Waals surface area contributed by atoms with Gasteiger partial charge in [0, 0.05) is 25.4 Å². The number of ether oxygens (including phenoxy) is 1. The highest BCUT2D eigenvalue weighted by molar-refractivity contribution is 7.90. The maximum atomic E-state index is 12.6. The van der Waals surface area contributed by atoms with Crippen LogP contribution in [0.5, 0.6) is 0 Å². The summed E-state index contributed by atoms with van der Waals surface area (Å²) in [6, 6.07) is 12.4. The lowest BCUT2D eigenvalue weighted by atomic mass is 10.1. The number of nitrogens with zero attached hydrogens (tertiary/aromatic N) is 1.